The average molecular weight is 759 g/mol. The van der Waals surface area contributed by atoms with Crippen molar-refractivity contribution in [1.29, 1.82) is 0 Å². The number of likely N-dealkylation sites (N-methyl/N-ethyl adjacent to an activating group) is 1. The van der Waals surface area contributed by atoms with Crippen LogP contribution in [0.5, 0.6) is 0 Å². The number of piperidine rings is 1. The number of aryl methyl sites for hydroxylation is 2. The van der Waals surface area contributed by atoms with E-state index in [-0.39, 0.29) is 17.4 Å². The largest absolute Gasteiger partial charge is 0.405 e. The lowest BCUT2D eigenvalue weighted by atomic mass is 9.99. The third-order valence-corrected chi connectivity index (χ3v) is 10.1. The number of rotatable bonds is 22. The van der Waals surface area contributed by atoms with Gasteiger partial charge in [0.25, 0.3) is 0 Å². The van der Waals surface area contributed by atoms with Crippen molar-refractivity contribution >= 4 is 35.7 Å². The summed E-state index contributed by atoms with van der Waals surface area (Å²) in [7, 11) is 5.77. The molecule has 10 nitrogen and oxygen atoms in total. The number of aliphatic imine (C=N–C) groups is 2. The molecule has 1 saturated heterocycles. The minimum absolute atomic E-state index is 0.0801. The van der Waals surface area contributed by atoms with Crippen molar-refractivity contribution in [3.05, 3.63) is 102 Å². The number of allylic oxidation sites excluding steroid dienone is 4. The maximum Gasteiger partial charge on any atom is 0.123 e. The number of nitrogens with one attached hydrogen (secondary N) is 1. The molecule has 2 aromatic rings. The van der Waals surface area contributed by atoms with E-state index in [1.807, 2.05) is 50.9 Å². The van der Waals surface area contributed by atoms with Gasteiger partial charge in [-0.05, 0) is 125 Å². The molecule has 0 saturated carbocycles. The van der Waals surface area contributed by atoms with Crippen molar-refractivity contribution in [3.8, 4) is 0 Å². The van der Waals surface area contributed by atoms with E-state index < -0.39 is 6.04 Å². The highest BCUT2D eigenvalue weighted by atomic mass is 19.2. The first-order chi connectivity index (χ1) is 26.4. The molecule has 3 rings (SSSR count). The molecule has 0 aliphatic carbocycles. The normalized spacial score (nSPS) is 15.1. The van der Waals surface area contributed by atoms with Gasteiger partial charge >= 0.3 is 0 Å². The summed E-state index contributed by atoms with van der Waals surface area (Å²) >= 11 is 0. The number of benzene rings is 2. The highest BCUT2D eigenvalue weighted by molar-refractivity contribution is 6.14. The van der Waals surface area contributed by atoms with E-state index >= 15 is 4.48 Å². The Bertz CT molecular complexity index is 1690. The molecule has 0 aromatic heterocycles. The SMILES string of the molecule is C=Nc1cc(C)cc(C(/C=C\C=C\N)=N/C)c1N(C)CC(CC)CN(C)C(=C)C(CC)N(F)C(=C)/C=N\N(NCCN1CCCCC1)c1ccc(F)cc1C. The molecule has 55 heavy (non-hydrogen) atoms. The van der Waals surface area contributed by atoms with Crippen molar-refractivity contribution in [3.63, 3.8) is 0 Å². The van der Waals surface area contributed by atoms with E-state index in [9.17, 15) is 4.39 Å². The van der Waals surface area contributed by atoms with Crippen LogP contribution in [0, 0.1) is 25.6 Å². The van der Waals surface area contributed by atoms with Crippen LogP contribution in [0.15, 0.2) is 94.4 Å². The van der Waals surface area contributed by atoms with Gasteiger partial charge in [0, 0.05) is 58.6 Å². The van der Waals surface area contributed by atoms with Crippen LogP contribution < -0.4 is 21.2 Å². The predicted octanol–water partition coefficient (Wildman–Crippen LogP) is 8.09. The molecule has 2 unspecified atom stereocenters. The summed E-state index contributed by atoms with van der Waals surface area (Å²) in [6.45, 7) is 25.1. The summed E-state index contributed by atoms with van der Waals surface area (Å²) in [4.78, 5) is 15.6. The van der Waals surface area contributed by atoms with E-state index in [4.69, 9.17) is 5.73 Å². The molecule has 1 heterocycles. The number of likely N-dealkylation sites (tertiary alicyclic amines) is 1. The topological polar surface area (TPSA) is 91.3 Å². The molecule has 1 aliphatic heterocycles. The highest BCUT2D eigenvalue weighted by Gasteiger charge is 2.26. The number of hydrogen-bond donors (Lipinski definition) is 2. The second-order valence-corrected chi connectivity index (χ2v) is 14.2. The van der Waals surface area contributed by atoms with Crippen molar-refractivity contribution < 1.29 is 8.87 Å². The molecule has 1 fully saturated rings. The van der Waals surface area contributed by atoms with E-state index in [1.165, 1.54) is 43.8 Å². The summed E-state index contributed by atoms with van der Waals surface area (Å²) in [6.07, 6.45) is 13.4. The molecule has 2 atom stereocenters. The van der Waals surface area contributed by atoms with Crippen LogP contribution in [0.1, 0.15) is 62.6 Å². The number of hydrazine groups is 1. The number of hydrogen-bond acceptors (Lipinski definition) is 10. The van der Waals surface area contributed by atoms with E-state index in [0.717, 1.165) is 54.3 Å². The maximum absolute atomic E-state index is 16.2. The number of hydrazone groups is 1. The van der Waals surface area contributed by atoms with Gasteiger partial charge in [0.05, 0.1) is 34.7 Å². The lowest BCUT2D eigenvalue weighted by Gasteiger charge is -2.35. The summed E-state index contributed by atoms with van der Waals surface area (Å²) < 4.78 is 30.2. The smallest absolute Gasteiger partial charge is 0.123 e. The fourth-order valence-corrected chi connectivity index (χ4v) is 6.97. The fourth-order valence-electron chi connectivity index (χ4n) is 6.97. The van der Waals surface area contributed by atoms with Crippen LogP contribution >= 0.6 is 0 Å². The zero-order valence-electron chi connectivity index (χ0n) is 34.2. The lowest BCUT2D eigenvalue weighted by molar-refractivity contribution is 0.0309. The van der Waals surface area contributed by atoms with Gasteiger partial charge in [0.1, 0.15) is 11.9 Å². The zero-order valence-corrected chi connectivity index (χ0v) is 34.2. The molecule has 0 amide bonds. The molecule has 0 radical (unpaired) electrons. The van der Waals surface area contributed by atoms with Crippen LogP contribution in [0.25, 0.3) is 0 Å². The molecule has 3 N–H and O–H groups in total. The standard InChI is InChI=1S/C43H64F2N10/c1-11-36(31-52(10)43-38(26-32(3)27-40(43)48-8)39(47-7)18-14-15-21-46)30-51(9)35(6)41(12-2)54(45)34(5)29-50-55(42-20-19-37(44)28-33(42)4)49-22-25-53-23-16-13-17-24-53/h14-15,18-21,26-29,36,41,49H,5-6,8,11-13,16-17,22-25,30-31,46H2,1-4,7,9-10H3/b18-14-,21-15+,47-39+,50-29-. The van der Waals surface area contributed by atoms with E-state index in [1.54, 1.807) is 24.3 Å². The Labute approximate surface area is 329 Å². The van der Waals surface area contributed by atoms with Gasteiger partial charge in [0.15, 0.2) is 0 Å². The van der Waals surface area contributed by atoms with E-state index in [2.05, 4.69) is 70.2 Å². The van der Waals surface area contributed by atoms with Gasteiger partial charge in [-0.2, -0.15) is 10.2 Å². The first kappa shape index (κ1) is 44.6. The van der Waals surface area contributed by atoms with Crippen molar-refractivity contribution in [1.82, 2.24) is 20.3 Å². The minimum atomic E-state index is -0.662. The summed E-state index contributed by atoms with van der Waals surface area (Å²) in [5, 5.41) is 6.81. The first-order valence-electron chi connectivity index (χ1n) is 19.3. The van der Waals surface area contributed by atoms with Crippen LogP contribution in [0.4, 0.5) is 25.9 Å². The van der Waals surface area contributed by atoms with Crippen molar-refractivity contribution in [2.75, 3.05) is 70.4 Å². The molecule has 2 aromatic carbocycles. The third-order valence-electron chi connectivity index (χ3n) is 10.1. The molecular weight excluding hydrogens is 695 g/mol. The number of nitrogens with zero attached hydrogens (tertiary/aromatic N) is 8. The fraction of sp³-hybridized carbons (Fsp3) is 0.465. The Morgan fingerprint density at radius 2 is 1.76 bits per heavy atom. The molecule has 12 heteroatoms. The van der Waals surface area contributed by atoms with Gasteiger partial charge in [-0.1, -0.05) is 44.0 Å². The predicted molar refractivity (Wildman–Crippen MR) is 231 cm³/mol. The van der Waals surface area contributed by atoms with Gasteiger partial charge in [-0.25, -0.2) is 14.9 Å². The summed E-state index contributed by atoms with van der Waals surface area (Å²) in [6, 6.07) is 8.00. The van der Waals surface area contributed by atoms with Gasteiger partial charge in [0.2, 0.25) is 0 Å². The second kappa shape index (κ2) is 22.5. The van der Waals surface area contributed by atoms with Crippen LogP contribution in [-0.2, 0) is 0 Å². The van der Waals surface area contributed by atoms with Crippen LogP contribution in [0.3, 0.4) is 0 Å². The average Bonchev–Trinajstić information content (AvgIpc) is 3.17. The Morgan fingerprint density at radius 1 is 1.04 bits per heavy atom. The Morgan fingerprint density at radius 3 is 2.38 bits per heavy atom. The zero-order chi connectivity index (χ0) is 40.5. The molecule has 1 aliphatic rings. The van der Waals surface area contributed by atoms with Gasteiger partial charge in [-0.3, -0.25) is 9.98 Å². The Kier molecular flexibility index (Phi) is 18.3. The maximum atomic E-state index is 16.2. The number of anilines is 2. The third kappa shape index (κ3) is 12.9. The molecular formula is C43H64F2N10. The van der Waals surface area contributed by atoms with Gasteiger partial charge < -0.3 is 20.4 Å². The van der Waals surface area contributed by atoms with E-state index in [0.29, 0.717) is 48.1 Å². The first-order valence-corrected chi connectivity index (χ1v) is 19.3. The quantitative estimate of drug-likeness (QED) is 0.0543. The highest BCUT2D eigenvalue weighted by Crippen LogP contribution is 2.35. The molecule has 0 bridgehead atoms. The summed E-state index contributed by atoms with van der Waals surface area (Å²) in [5.74, 6) is -0.124. The summed E-state index contributed by atoms with van der Waals surface area (Å²) in [5.41, 5.74) is 15.5. The van der Waals surface area contributed by atoms with Crippen LogP contribution in [0.2, 0.25) is 0 Å². The second-order valence-electron chi connectivity index (χ2n) is 14.2. The molecule has 300 valence electrons. The van der Waals surface area contributed by atoms with Gasteiger partial charge in [-0.15, -0.1) is 0 Å². The number of halogens is 2. The minimum Gasteiger partial charge on any atom is -0.405 e. The number of nitrogens with two attached hydrogens (primary N) is 1. The molecule has 0 spiro atoms. The Hall–Kier alpha value is -4.81. The Balaban J connectivity index is 1.74. The van der Waals surface area contributed by atoms with Crippen LogP contribution in [-0.4, -0.2) is 100 Å². The lowest BCUT2D eigenvalue weighted by Crippen LogP contribution is -2.42. The van der Waals surface area contributed by atoms with Crippen molar-refractivity contribution in [2.24, 2.45) is 26.7 Å². The van der Waals surface area contributed by atoms with Crippen molar-refractivity contribution in [2.45, 2.75) is 65.8 Å². The monoisotopic (exact) mass is 759 g/mol.